The molecule has 0 aromatic carbocycles. The summed E-state index contributed by atoms with van der Waals surface area (Å²) in [6.45, 7) is 1.62. The predicted octanol–water partition coefficient (Wildman–Crippen LogP) is 3.04. The van der Waals surface area contributed by atoms with Crippen LogP contribution in [0.5, 0.6) is 0 Å². The molecular weight excluding hydrogens is 378 g/mol. The Bertz CT molecular complexity index is 1050. The van der Waals surface area contributed by atoms with Gasteiger partial charge in [-0.15, -0.1) is 0 Å². The third kappa shape index (κ3) is 4.23. The number of amides is 1. The molecule has 2 aliphatic rings. The second-order valence-corrected chi connectivity index (χ2v) is 8.11. The summed E-state index contributed by atoms with van der Waals surface area (Å²) in [4.78, 5) is 32.9. The zero-order chi connectivity index (χ0) is 20.9. The van der Waals surface area contributed by atoms with Gasteiger partial charge in [0, 0.05) is 25.3 Å². The van der Waals surface area contributed by atoms with Crippen molar-refractivity contribution >= 4 is 23.4 Å². The van der Waals surface area contributed by atoms with Gasteiger partial charge in [-0.05, 0) is 50.3 Å². The molecule has 1 aliphatic carbocycles. The highest BCUT2D eigenvalue weighted by Crippen LogP contribution is 2.23. The Morgan fingerprint density at radius 3 is 2.60 bits per heavy atom. The number of hydrogen-bond donors (Lipinski definition) is 1. The Hall–Kier alpha value is -3.14. The van der Waals surface area contributed by atoms with Gasteiger partial charge in [0.15, 0.2) is 0 Å². The Balaban J connectivity index is 1.75. The topological polar surface area (TPSA) is 90.5 Å². The number of nitrogens with one attached hydrogen (secondary N) is 1. The number of anilines is 1. The quantitative estimate of drug-likeness (QED) is 0.624. The molecule has 1 N–H and O–H groups in total. The number of carbonyl (C=O) groups is 1. The molecule has 2 fully saturated rings. The number of rotatable bonds is 4. The molecule has 1 saturated carbocycles. The van der Waals surface area contributed by atoms with Gasteiger partial charge in [0.05, 0.1) is 5.56 Å². The first-order valence-corrected chi connectivity index (χ1v) is 10.9. The number of nitrogens with zero attached hydrogens (tertiary/aromatic N) is 4. The number of nitriles is 1. The molecule has 0 spiro atoms. The zero-order valence-electron chi connectivity index (χ0n) is 17.1. The average Bonchev–Trinajstić information content (AvgIpc) is 2.79. The molecule has 2 aromatic heterocycles. The van der Waals surface area contributed by atoms with E-state index in [1.807, 2.05) is 12.1 Å². The summed E-state index contributed by atoms with van der Waals surface area (Å²) in [5.41, 5.74) is 0.550. The zero-order valence-corrected chi connectivity index (χ0v) is 17.1. The van der Waals surface area contributed by atoms with Crippen LogP contribution in [0, 0.1) is 11.3 Å². The van der Waals surface area contributed by atoms with Crippen LogP contribution in [0.15, 0.2) is 34.8 Å². The van der Waals surface area contributed by atoms with E-state index in [1.165, 1.54) is 16.9 Å². The molecule has 0 unspecified atom stereocenters. The van der Waals surface area contributed by atoms with Crippen LogP contribution in [0.1, 0.15) is 56.9 Å². The molecule has 0 atom stereocenters. The molecule has 30 heavy (non-hydrogen) atoms. The molecule has 1 saturated heterocycles. The van der Waals surface area contributed by atoms with Crippen molar-refractivity contribution in [2.24, 2.45) is 0 Å². The van der Waals surface area contributed by atoms with Gasteiger partial charge in [0.25, 0.3) is 11.5 Å². The number of aromatic nitrogens is 2. The Morgan fingerprint density at radius 1 is 1.13 bits per heavy atom. The highest BCUT2D eigenvalue weighted by Gasteiger charge is 2.22. The number of hydrogen-bond acceptors (Lipinski definition) is 5. The van der Waals surface area contributed by atoms with Crippen molar-refractivity contribution in [2.75, 3.05) is 18.0 Å². The average molecular weight is 406 g/mol. The molecule has 1 aliphatic heterocycles. The number of fused-ring (bicyclic) bond motifs is 1. The van der Waals surface area contributed by atoms with Gasteiger partial charge in [0.2, 0.25) is 0 Å². The highest BCUT2D eigenvalue weighted by molar-refractivity contribution is 6.02. The SMILES string of the molecule is N#CC(=Cc1c(N2CCCCC2)nc2ccccn2c1=O)C(=O)NC1CCCCC1. The van der Waals surface area contributed by atoms with Crippen molar-refractivity contribution in [3.05, 3.63) is 45.9 Å². The van der Waals surface area contributed by atoms with Crippen molar-refractivity contribution < 1.29 is 4.79 Å². The number of carbonyl (C=O) groups excluding carboxylic acids is 1. The second kappa shape index (κ2) is 9.12. The summed E-state index contributed by atoms with van der Waals surface area (Å²) in [7, 11) is 0. The van der Waals surface area contributed by atoms with Gasteiger partial charge in [-0.25, -0.2) is 4.98 Å². The first kappa shape index (κ1) is 20.1. The minimum Gasteiger partial charge on any atom is -0.356 e. The predicted molar refractivity (Wildman–Crippen MR) is 116 cm³/mol. The molecule has 7 nitrogen and oxygen atoms in total. The van der Waals surface area contributed by atoms with E-state index in [0.717, 1.165) is 58.0 Å². The van der Waals surface area contributed by atoms with Gasteiger partial charge < -0.3 is 10.2 Å². The minimum atomic E-state index is -0.411. The monoisotopic (exact) mass is 405 g/mol. The highest BCUT2D eigenvalue weighted by atomic mass is 16.2. The summed E-state index contributed by atoms with van der Waals surface area (Å²) < 4.78 is 1.47. The van der Waals surface area contributed by atoms with Crippen LogP contribution in [0.25, 0.3) is 11.7 Å². The molecular formula is C23H27N5O2. The normalized spacial score (nSPS) is 18.2. The van der Waals surface area contributed by atoms with E-state index in [9.17, 15) is 14.9 Å². The molecule has 0 bridgehead atoms. The maximum absolute atomic E-state index is 13.3. The smallest absolute Gasteiger partial charge is 0.267 e. The van der Waals surface area contributed by atoms with Crippen LogP contribution in [-0.2, 0) is 4.79 Å². The van der Waals surface area contributed by atoms with E-state index >= 15 is 0 Å². The van der Waals surface area contributed by atoms with Crippen LogP contribution in [-0.4, -0.2) is 34.4 Å². The lowest BCUT2D eigenvalue weighted by Crippen LogP contribution is -2.37. The first-order chi connectivity index (χ1) is 14.7. The summed E-state index contributed by atoms with van der Waals surface area (Å²) in [5.74, 6) is 0.149. The van der Waals surface area contributed by atoms with Crippen molar-refractivity contribution in [3.63, 3.8) is 0 Å². The number of piperidine rings is 1. The van der Waals surface area contributed by atoms with Crippen LogP contribution in [0.2, 0.25) is 0 Å². The summed E-state index contributed by atoms with van der Waals surface area (Å²) >= 11 is 0. The van der Waals surface area contributed by atoms with Crippen molar-refractivity contribution in [2.45, 2.75) is 57.4 Å². The van der Waals surface area contributed by atoms with Crippen molar-refractivity contribution in [1.29, 1.82) is 5.26 Å². The lowest BCUT2D eigenvalue weighted by molar-refractivity contribution is -0.117. The van der Waals surface area contributed by atoms with E-state index in [2.05, 4.69) is 10.2 Å². The largest absolute Gasteiger partial charge is 0.356 e. The van der Waals surface area contributed by atoms with Gasteiger partial charge in [-0.1, -0.05) is 25.3 Å². The lowest BCUT2D eigenvalue weighted by Gasteiger charge is -2.29. The van der Waals surface area contributed by atoms with Gasteiger partial charge in [-0.3, -0.25) is 14.0 Å². The molecule has 1 amide bonds. The van der Waals surface area contributed by atoms with E-state index in [-0.39, 0.29) is 17.2 Å². The van der Waals surface area contributed by atoms with E-state index in [1.54, 1.807) is 18.3 Å². The minimum absolute atomic E-state index is 0.0476. The van der Waals surface area contributed by atoms with Crippen LogP contribution in [0.3, 0.4) is 0 Å². The lowest BCUT2D eigenvalue weighted by atomic mass is 9.95. The fourth-order valence-electron chi connectivity index (χ4n) is 4.37. The molecule has 4 rings (SSSR count). The van der Waals surface area contributed by atoms with Crippen LogP contribution >= 0.6 is 0 Å². The standard InChI is InChI=1S/C23H27N5O2/c24-16-17(22(29)25-18-9-3-1-4-10-18)15-19-21(27-12-6-2-7-13-27)26-20-11-5-8-14-28(20)23(19)30/h5,8,11,14-15,18H,1-4,6-7,9-10,12-13H2,(H,25,29). The first-order valence-electron chi connectivity index (χ1n) is 10.9. The maximum Gasteiger partial charge on any atom is 0.267 e. The fraction of sp³-hybridized carbons (Fsp3) is 0.478. The van der Waals surface area contributed by atoms with Gasteiger partial charge in [0.1, 0.15) is 23.1 Å². The summed E-state index contributed by atoms with van der Waals surface area (Å²) in [5, 5.41) is 12.6. The molecule has 0 radical (unpaired) electrons. The molecule has 7 heteroatoms. The van der Waals surface area contributed by atoms with Crippen molar-refractivity contribution in [3.8, 4) is 6.07 Å². The van der Waals surface area contributed by atoms with Crippen LogP contribution in [0.4, 0.5) is 5.82 Å². The van der Waals surface area contributed by atoms with Crippen LogP contribution < -0.4 is 15.8 Å². The number of pyridine rings is 1. The van der Waals surface area contributed by atoms with E-state index < -0.39 is 5.91 Å². The molecule has 156 valence electrons. The Labute approximate surface area is 176 Å². The van der Waals surface area contributed by atoms with E-state index in [4.69, 9.17) is 4.98 Å². The fourth-order valence-corrected chi connectivity index (χ4v) is 4.37. The van der Waals surface area contributed by atoms with Gasteiger partial charge in [-0.2, -0.15) is 5.26 Å². The molecule has 2 aromatic rings. The molecule has 3 heterocycles. The van der Waals surface area contributed by atoms with Crippen molar-refractivity contribution in [1.82, 2.24) is 14.7 Å². The van der Waals surface area contributed by atoms with Gasteiger partial charge >= 0.3 is 0 Å². The third-order valence-electron chi connectivity index (χ3n) is 6.00. The third-order valence-corrected chi connectivity index (χ3v) is 6.00. The summed E-state index contributed by atoms with van der Waals surface area (Å²) in [6.07, 6.45) is 11.5. The second-order valence-electron chi connectivity index (χ2n) is 8.11. The Morgan fingerprint density at radius 2 is 1.87 bits per heavy atom. The summed E-state index contributed by atoms with van der Waals surface area (Å²) in [6, 6.07) is 7.50. The Kier molecular flexibility index (Phi) is 6.12. The maximum atomic E-state index is 13.3. The van der Waals surface area contributed by atoms with E-state index in [0.29, 0.717) is 17.0 Å².